The van der Waals surface area contributed by atoms with Crippen molar-refractivity contribution in [2.45, 2.75) is 51.3 Å². The number of fused-ring (bicyclic) bond motifs is 1. The molecule has 4 heterocycles. The van der Waals surface area contributed by atoms with Gasteiger partial charge in [0.25, 0.3) is 11.5 Å². The molecule has 1 N–H and O–H groups in total. The van der Waals surface area contributed by atoms with Crippen LogP contribution in [0.25, 0.3) is 22.3 Å². The number of alkyl halides is 2. The molecule has 1 saturated heterocycles. The summed E-state index contributed by atoms with van der Waals surface area (Å²) < 4.78 is 36.4. The highest BCUT2D eigenvalue weighted by Crippen LogP contribution is 2.55. The Morgan fingerprint density at radius 1 is 1.13 bits per heavy atom. The number of hydrogen-bond acceptors (Lipinski definition) is 7. The van der Waals surface area contributed by atoms with Gasteiger partial charge in [0.2, 0.25) is 0 Å². The van der Waals surface area contributed by atoms with Gasteiger partial charge in [0, 0.05) is 49.4 Å². The first-order chi connectivity index (χ1) is 18.9. The molecule has 0 aromatic carbocycles. The van der Waals surface area contributed by atoms with Crippen LogP contribution in [0.3, 0.4) is 0 Å². The van der Waals surface area contributed by atoms with E-state index in [1.165, 1.54) is 31.5 Å². The van der Waals surface area contributed by atoms with Crippen molar-refractivity contribution >= 4 is 16.9 Å². The third-order valence-electron chi connectivity index (χ3n) is 8.28. The van der Waals surface area contributed by atoms with Gasteiger partial charge in [-0.2, -0.15) is 8.78 Å². The van der Waals surface area contributed by atoms with Crippen molar-refractivity contribution in [2.24, 2.45) is 5.41 Å². The second-order valence-electron chi connectivity index (χ2n) is 10.8. The SMILES string of the molecule is O=C(NC1CC2(CCC2)C1)c1cc2cc(-c3ccc(OC(F)F)cn3)cnc2n(CCN2CCOCC2)c1=O. The summed E-state index contributed by atoms with van der Waals surface area (Å²) in [5.74, 6) is -0.406. The average Bonchev–Trinajstić information content (AvgIpc) is 2.89. The fourth-order valence-electron chi connectivity index (χ4n) is 6.00. The van der Waals surface area contributed by atoms with Gasteiger partial charge in [-0.05, 0) is 55.4 Å². The molecule has 0 radical (unpaired) electrons. The van der Waals surface area contributed by atoms with E-state index in [4.69, 9.17) is 4.74 Å². The molecule has 2 saturated carbocycles. The minimum atomic E-state index is -2.93. The molecule has 11 heteroatoms. The van der Waals surface area contributed by atoms with E-state index in [0.29, 0.717) is 54.0 Å². The maximum absolute atomic E-state index is 13.6. The summed E-state index contributed by atoms with van der Waals surface area (Å²) in [5.41, 5.74) is 1.74. The van der Waals surface area contributed by atoms with Crippen molar-refractivity contribution in [3.8, 4) is 17.0 Å². The molecule has 206 valence electrons. The molecule has 1 spiro atoms. The lowest BCUT2D eigenvalue weighted by Crippen LogP contribution is -2.54. The minimum Gasteiger partial charge on any atom is -0.433 e. The van der Waals surface area contributed by atoms with Crippen LogP contribution in [0, 0.1) is 5.41 Å². The lowest BCUT2D eigenvalue weighted by Gasteiger charge is -2.54. The van der Waals surface area contributed by atoms with Crippen LogP contribution in [-0.2, 0) is 11.3 Å². The predicted octanol–water partition coefficient (Wildman–Crippen LogP) is 3.45. The molecule has 3 aromatic heterocycles. The summed E-state index contributed by atoms with van der Waals surface area (Å²) in [6.07, 6.45) is 8.46. The van der Waals surface area contributed by atoms with E-state index in [-0.39, 0.29) is 28.8 Å². The van der Waals surface area contributed by atoms with E-state index in [9.17, 15) is 18.4 Å². The summed E-state index contributed by atoms with van der Waals surface area (Å²) in [7, 11) is 0. The van der Waals surface area contributed by atoms with E-state index in [1.54, 1.807) is 22.9 Å². The van der Waals surface area contributed by atoms with Crippen LogP contribution in [0.1, 0.15) is 42.5 Å². The van der Waals surface area contributed by atoms with Crippen LogP contribution in [0.4, 0.5) is 8.78 Å². The Labute approximate surface area is 224 Å². The summed E-state index contributed by atoms with van der Waals surface area (Å²) >= 11 is 0. The van der Waals surface area contributed by atoms with Crippen LogP contribution in [0.15, 0.2) is 41.5 Å². The van der Waals surface area contributed by atoms with Gasteiger partial charge in [-0.25, -0.2) is 4.98 Å². The Balaban J connectivity index is 1.30. The Morgan fingerprint density at radius 3 is 2.59 bits per heavy atom. The molecule has 1 amide bonds. The fourth-order valence-corrected chi connectivity index (χ4v) is 6.00. The van der Waals surface area contributed by atoms with E-state index in [1.807, 2.05) is 6.07 Å². The van der Waals surface area contributed by atoms with E-state index < -0.39 is 6.61 Å². The van der Waals surface area contributed by atoms with E-state index in [2.05, 4.69) is 24.9 Å². The number of aromatic nitrogens is 3. The van der Waals surface area contributed by atoms with Gasteiger partial charge in [-0.1, -0.05) is 6.42 Å². The number of nitrogens with zero attached hydrogens (tertiary/aromatic N) is 4. The van der Waals surface area contributed by atoms with Gasteiger partial charge in [0.15, 0.2) is 0 Å². The number of rotatable bonds is 8. The average molecular weight is 540 g/mol. The van der Waals surface area contributed by atoms with Crippen molar-refractivity contribution in [2.75, 3.05) is 32.8 Å². The Kier molecular flexibility index (Phi) is 7.03. The highest BCUT2D eigenvalue weighted by Gasteiger charge is 2.48. The molecule has 0 atom stereocenters. The lowest BCUT2D eigenvalue weighted by atomic mass is 9.54. The molecule has 6 rings (SSSR count). The van der Waals surface area contributed by atoms with Crippen LogP contribution in [-0.4, -0.2) is 70.8 Å². The molecule has 3 fully saturated rings. The number of carbonyl (C=O) groups excluding carboxylic acids is 1. The van der Waals surface area contributed by atoms with Crippen molar-refractivity contribution in [1.82, 2.24) is 24.8 Å². The number of carbonyl (C=O) groups is 1. The molecule has 1 aliphatic heterocycles. The predicted molar refractivity (Wildman–Crippen MR) is 140 cm³/mol. The second-order valence-corrected chi connectivity index (χ2v) is 10.8. The number of hydrogen-bond donors (Lipinski definition) is 1. The quantitative estimate of drug-likeness (QED) is 0.468. The van der Waals surface area contributed by atoms with Crippen molar-refractivity contribution in [3.05, 3.63) is 52.6 Å². The van der Waals surface area contributed by atoms with Gasteiger partial charge in [-0.15, -0.1) is 0 Å². The first kappa shape index (κ1) is 25.8. The molecule has 3 aromatic rings. The Bertz CT molecular complexity index is 1410. The standard InChI is InChI=1S/C28H31F2N5O4/c29-27(30)39-21-2-3-23(31-17-21)19-12-18-13-22(25(36)33-20-14-28(15-20)4-1-5-28)26(37)35(24(18)32-16-19)7-6-34-8-10-38-11-9-34/h2-3,12-13,16-17,20,27H,1,4-11,14-15H2,(H,33,36). The number of amides is 1. The van der Waals surface area contributed by atoms with Crippen molar-refractivity contribution < 1.29 is 23.0 Å². The highest BCUT2D eigenvalue weighted by atomic mass is 19.3. The van der Waals surface area contributed by atoms with Crippen molar-refractivity contribution in [3.63, 3.8) is 0 Å². The van der Waals surface area contributed by atoms with Gasteiger partial charge < -0.3 is 14.8 Å². The van der Waals surface area contributed by atoms with Crippen molar-refractivity contribution in [1.29, 1.82) is 0 Å². The Hall–Kier alpha value is -3.44. The minimum absolute atomic E-state index is 0.0434. The zero-order valence-electron chi connectivity index (χ0n) is 21.6. The highest BCUT2D eigenvalue weighted by molar-refractivity contribution is 5.97. The smallest absolute Gasteiger partial charge is 0.387 e. The fraction of sp³-hybridized carbons (Fsp3) is 0.500. The number of pyridine rings is 3. The summed E-state index contributed by atoms with van der Waals surface area (Å²) in [4.78, 5) is 37.9. The zero-order chi connectivity index (χ0) is 27.0. The van der Waals surface area contributed by atoms with E-state index in [0.717, 1.165) is 25.9 Å². The second kappa shape index (κ2) is 10.6. The number of nitrogens with one attached hydrogen (secondary N) is 1. The first-order valence-electron chi connectivity index (χ1n) is 13.4. The van der Waals surface area contributed by atoms with Gasteiger partial charge in [0.1, 0.15) is 17.0 Å². The molecule has 3 aliphatic rings. The Morgan fingerprint density at radius 2 is 1.92 bits per heavy atom. The zero-order valence-corrected chi connectivity index (χ0v) is 21.6. The van der Waals surface area contributed by atoms with Crippen LogP contribution in [0.2, 0.25) is 0 Å². The lowest BCUT2D eigenvalue weighted by molar-refractivity contribution is -0.0500. The number of morpholine rings is 1. The largest absolute Gasteiger partial charge is 0.433 e. The molecular weight excluding hydrogens is 508 g/mol. The van der Waals surface area contributed by atoms with Crippen LogP contribution >= 0.6 is 0 Å². The maximum atomic E-state index is 13.6. The summed E-state index contributed by atoms with van der Waals surface area (Å²) in [6.45, 7) is 0.944. The molecular formula is C28H31F2N5O4. The van der Waals surface area contributed by atoms with Gasteiger partial charge in [-0.3, -0.25) is 24.0 Å². The van der Waals surface area contributed by atoms with Crippen LogP contribution < -0.4 is 15.6 Å². The van der Waals surface area contributed by atoms with Gasteiger partial charge in [0.05, 0.1) is 25.1 Å². The monoisotopic (exact) mass is 539 g/mol. The molecule has 2 aliphatic carbocycles. The summed E-state index contributed by atoms with van der Waals surface area (Å²) in [5, 5.41) is 3.70. The van der Waals surface area contributed by atoms with Gasteiger partial charge >= 0.3 is 6.61 Å². The summed E-state index contributed by atoms with van der Waals surface area (Å²) in [6, 6.07) is 6.48. The third-order valence-corrected chi connectivity index (χ3v) is 8.28. The molecule has 0 unspecified atom stereocenters. The molecule has 9 nitrogen and oxygen atoms in total. The molecule has 39 heavy (non-hydrogen) atoms. The maximum Gasteiger partial charge on any atom is 0.387 e. The molecule has 0 bridgehead atoms. The normalized spacial score (nSPS) is 19.2. The van der Waals surface area contributed by atoms with Crippen LogP contribution in [0.5, 0.6) is 5.75 Å². The van der Waals surface area contributed by atoms with E-state index >= 15 is 0 Å². The number of ether oxygens (including phenoxy) is 2. The topological polar surface area (TPSA) is 98.6 Å². The number of halogens is 2. The third kappa shape index (κ3) is 5.38. The first-order valence-corrected chi connectivity index (χ1v) is 13.4.